The summed E-state index contributed by atoms with van der Waals surface area (Å²) in [5.74, 6) is -0.153. The third-order valence-electron chi connectivity index (χ3n) is 2.55. The van der Waals surface area contributed by atoms with Crippen molar-refractivity contribution < 1.29 is 4.79 Å². The van der Waals surface area contributed by atoms with Crippen LogP contribution in [0.25, 0.3) is 0 Å². The molecule has 0 aromatic heterocycles. The normalized spacial score (nSPS) is 10.3. The van der Waals surface area contributed by atoms with Crippen molar-refractivity contribution in [3.63, 3.8) is 0 Å². The number of anilines is 1. The lowest BCUT2D eigenvalue weighted by Gasteiger charge is -2.07. The molecule has 98 valence electrons. The molecule has 0 aliphatic rings. The summed E-state index contributed by atoms with van der Waals surface area (Å²) >= 11 is 12.7. The summed E-state index contributed by atoms with van der Waals surface area (Å²) in [4.78, 5) is 12.0. The Morgan fingerprint density at radius 1 is 1.16 bits per heavy atom. The molecular weight excluding hydrogens is 393 g/mol. The largest absolute Gasteiger partial charge is 0.322 e. The quantitative estimate of drug-likeness (QED) is 0.697. The van der Waals surface area contributed by atoms with Crippen LogP contribution in [0.2, 0.25) is 5.02 Å². The highest BCUT2D eigenvalue weighted by Crippen LogP contribution is 2.25. The molecule has 1 N–H and O–H groups in total. The Morgan fingerprint density at radius 2 is 1.84 bits per heavy atom. The van der Waals surface area contributed by atoms with Crippen LogP contribution in [-0.4, -0.2) is 5.91 Å². The molecule has 0 bridgehead atoms. The van der Waals surface area contributed by atoms with Gasteiger partial charge in [0.1, 0.15) is 0 Å². The predicted molar refractivity (Wildman–Crippen MR) is 86.2 cm³/mol. The molecule has 0 saturated heterocycles. The number of carbonyl (C=O) groups is 1. The molecule has 0 saturated carbocycles. The van der Waals surface area contributed by atoms with Crippen LogP contribution in [0.1, 0.15) is 15.9 Å². The zero-order valence-corrected chi connectivity index (χ0v) is 13.7. The molecule has 5 heteroatoms. The van der Waals surface area contributed by atoms with Gasteiger partial charge in [-0.3, -0.25) is 4.79 Å². The SMILES string of the molecule is O=C(Nc1ccc(Br)c(Cl)c1)c1ccc(CBr)cc1. The van der Waals surface area contributed by atoms with Crippen LogP contribution in [0.4, 0.5) is 5.69 Å². The van der Waals surface area contributed by atoms with E-state index in [1.165, 1.54) is 0 Å². The molecule has 2 nitrogen and oxygen atoms in total. The second-order valence-corrected chi connectivity index (χ2v) is 5.74. The predicted octanol–water partition coefficient (Wildman–Crippen LogP) is 5.25. The molecule has 0 atom stereocenters. The molecule has 2 rings (SSSR count). The van der Waals surface area contributed by atoms with Crippen LogP contribution in [0, 0.1) is 0 Å². The molecule has 19 heavy (non-hydrogen) atoms. The van der Waals surface area contributed by atoms with Crippen LogP contribution in [0.3, 0.4) is 0 Å². The minimum Gasteiger partial charge on any atom is -0.322 e. The van der Waals surface area contributed by atoms with Crippen LogP contribution >= 0.6 is 43.5 Å². The monoisotopic (exact) mass is 401 g/mol. The first-order valence-corrected chi connectivity index (χ1v) is 7.80. The van der Waals surface area contributed by atoms with Crippen molar-refractivity contribution in [1.29, 1.82) is 0 Å². The Labute approximate surface area is 133 Å². The Balaban J connectivity index is 2.13. The summed E-state index contributed by atoms with van der Waals surface area (Å²) in [5, 5.41) is 4.15. The minimum absolute atomic E-state index is 0.153. The van der Waals surface area contributed by atoms with Crippen molar-refractivity contribution >= 4 is 55.1 Å². The van der Waals surface area contributed by atoms with E-state index in [1.807, 2.05) is 12.1 Å². The molecule has 0 aliphatic heterocycles. The lowest BCUT2D eigenvalue weighted by atomic mass is 10.1. The lowest BCUT2D eigenvalue weighted by molar-refractivity contribution is 0.102. The standard InChI is InChI=1S/C14H10Br2ClNO/c15-8-9-1-3-10(4-2-9)14(19)18-11-5-6-12(16)13(17)7-11/h1-7H,8H2,(H,18,19). The first-order chi connectivity index (χ1) is 9.10. The summed E-state index contributed by atoms with van der Waals surface area (Å²) in [6, 6.07) is 12.7. The highest BCUT2D eigenvalue weighted by atomic mass is 79.9. The van der Waals surface area contributed by atoms with Crippen molar-refractivity contribution in [2.24, 2.45) is 0 Å². The van der Waals surface area contributed by atoms with E-state index in [1.54, 1.807) is 30.3 Å². The summed E-state index contributed by atoms with van der Waals surface area (Å²) in [7, 11) is 0. The van der Waals surface area contributed by atoms with Gasteiger partial charge >= 0.3 is 0 Å². The van der Waals surface area contributed by atoms with Crippen molar-refractivity contribution in [1.82, 2.24) is 0 Å². The fourth-order valence-corrected chi connectivity index (χ4v) is 2.32. The first-order valence-electron chi connectivity index (χ1n) is 5.51. The molecule has 0 spiro atoms. The molecule has 0 heterocycles. The van der Waals surface area contributed by atoms with Crippen molar-refractivity contribution in [2.45, 2.75) is 5.33 Å². The van der Waals surface area contributed by atoms with Gasteiger partial charge in [-0.1, -0.05) is 39.7 Å². The van der Waals surface area contributed by atoms with Gasteiger partial charge in [0.2, 0.25) is 0 Å². The highest BCUT2D eigenvalue weighted by molar-refractivity contribution is 9.10. The average molecular weight is 404 g/mol. The van der Waals surface area contributed by atoms with E-state index in [2.05, 4.69) is 37.2 Å². The molecule has 0 unspecified atom stereocenters. The summed E-state index contributed by atoms with van der Waals surface area (Å²) in [6.07, 6.45) is 0. The zero-order chi connectivity index (χ0) is 13.8. The van der Waals surface area contributed by atoms with Gasteiger partial charge in [-0.2, -0.15) is 0 Å². The molecule has 0 aliphatic carbocycles. The van der Waals surface area contributed by atoms with Crippen LogP contribution in [0.15, 0.2) is 46.9 Å². The van der Waals surface area contributed by atoms with Gasteiger partial charge in [-0.25, -0.2) is 0 Å². The Kier molecular flexibility index (Phi) is 5.02. The smallest absolute Gasteiger partial charge is 0.255 e. The second-order valence-electron chi connectivity index (χ2n) is 3.91. The third-order valence-corrected chi connectivity index (χ3v) is 4.43. The number of alkyl halides is 1. The summed E-state index contributed by atoms with van der Waals surface area (Å²) < 4.78 is 0.800. The fourth-order valence-electron chi connectivity index (χ4n) is 1.52. The van der Waals surface area contributed by atoms with E-state index in [4.69, 9.17) is 11.6 Å². The number of benzene rings is 2. The van der Waals surface area contributed by atoms with Crippen LogP contribution in [-0.2, 0) is 5.33 Å². The number of nitrogens with one attached hydrogen (secondary N) is 1. The maximum Gasteiger partial charge on any atom is 0.255 e. The van der Waals surface area contributed by atoms with Gasteiger partial charge in [-0.15, -0.1) is 0 Å². The van der Waals surface area contributed by atoms with Gasteiger partial charge in [0.25, 0.3) is 5.91 Å². The molecule has 2 aromatic carbocycles. The molecule has 1 amide bonds. The molecule has 0 fully saturated rings. The van der Waals surface area contributed by atoms with Gasteiger partial charge in [0, 0.05) is 21.1 Å². The van der Waals surface area contributed by atoms with Crippen molar-refractivity contribution in [3.05, 3.63) is 63.1 Å². The van der Waals surface area contributed by atoms with Gasteiger partial charge in [-0.05, 0) is 51.8 Å². The van der Waals surface area contributed by atoms with E-state index in [0.29, 0.717) is 16.3 Å². The fraction of sp³-hybridized carbons (Fsp3) is 0.0714. The highest BCUT2D eigenvalue weighted by Gasteiger charge is 2.07. The number of halogens is 3. The number of carbonyl (C=O) groups excluding carboxylic acids is 1. The second kappa shape index (κ2) is 6.55. The zero-order valence-electron chi connectivity index (χ0n) is 9.79. The lowest BCUT2D eigenvalue weighted by Crippen LogP contribution is -2.11. The van der Waals surface area contributed by atoms with E-state index >= 15 is 0 Å². The van der Waals surface area contributed by atoms with E-state index in [9.17, 15) is 4.79 Å². The number of hydrogen-bond donors (Lipinski definition) is 1. The number of amides is 1. The van der Waals surface area contributed by atoms with Gasteiger partial charge in [0.15, 0.2) is 0 Å². The third kappa shape index (κ3) is 3.81. The maximum atomic E-state index is 12.0. The van der Waals surface area contributed by atoms with E-state index in [-0.39, 0.29) is 5.91 Å². The Morgan fingerprint density at radius 3 is 2.42 bits per heavy atom. The van der Waals surface area contributed by atoms with Gasteiger partial charge < -0.3 is 5.32 Å². The Hall–Kier alpha value is -0.840. The maximum absolute atomic E-state index is 12.0. The molecular formula is C14H10Br2ClNO. The Bertz CT molecular complexity index is 599. The van der Waals surface area contributed by atoms with Crippen LogP contribution in [0.5, 0.6) is 0 Å². The molecule has 2 aromatic rings. The van der Waals surface area contributed by atoms with E-state index < -0.39 is 0 Å². The minimum atomic E-state index is -0.153. The topological polar surface area (TPSA) is 29.1 Å². The number of rotatable bonds is 3. The van der Waals surface area contributed by atoms with Crippen LogP contribution < -0.4 is 5.32 Å². The molecule has 0 radical (unpaired) electrons. The first kappa shape index (κ1) is 14.6. The van der Waals surface area contributed by atoms with Crippen molar-refractivity contribution in [2.75, 3.05) is 5.32 Å². The van der Waals surface area contributed by atoms with E-state index in [0.717, 1.165) is 15.4 Å². The summed E-state index contributed by atoms with van der Waals surface area (Å²) in [6.45, 7) is 0. The number of hydrogen-bond acceptors (Lipinski definition) is 1. The van der Waals surface area contributed by atoms with Gasteiger partial charge in [0.05, 0.1) is 5.02 Å². The summed E-state index contributed by atoms with van der Waals surface area (Å²) in [5.41, 5.74) is 2.41. The average Bonchev–Trinajstić information content (AvgIpc) is 2.43. The van der Waals surface area contributed by atoms with Crippen molar-refractivity contribution in [3.8, 4) is 0 Å².